The van der Waals surface area contributed by atoms with Crippen LogP contribution in [0.5, 0.6) is 0 Å². The van der Waals surface area contributed by atoms with Crippen molar-refractivity contribution < 1.29 is 9.53 Å². The molecule has 0 radical (unpaired) electrons. The Labute approximate surface area is 104 Å². The Morgan fingerprint density at radius 1 is 1.50 bits per heavy atom. The van der Waals surface area contributed by atoms with E-state index in [1.807, 2.05) is 25.1 Å². The summed E-state index contributed by atoms with van der Waals surface area (Å²) in [6, 6.07) is 5.77. The number of benzene rings is 1. The molecule has 0 aliphatic carbocycles. The maximum absolute atomic E-state index is 11.4. The third-order valence-corrected chi connectivity index (χ3v) is 2.83. The van der Waals surface area contributed by atoms with E-state index >= 15 is 0 Å². The zero-order valence-corrected chi connectivity index (χ0v) is 11.1. The summed E-state index contributed by atoms with van der Waals surface area (Å²) in [4.78, 5) is 11.4. The van der Waals surface area contributed by atoms with Gasteiger partial charge in [0.25, 0.3) is 0 Å². The van der Waals surface area contributed by atoms with E-state index in [0.717, 1.165) is 21.2 Å². The van der Waals surface area contributed by atoms with Gasteiger partial charge in [-0.25, -0.2) is 0 Å². The van der Waals surface area contributed by atoms with Gasteiger partial charge in [-0.05, 0) is 36.6 Å². The van der Waals surface area contributed by atoms with Crippen LogP contribution in [-0.4, -0.2) is 12.6 Å². The van der Waals surface area contributed by atoms with Gasteiger partial charge in [-0.15, -0.1) is 0 Å². The molecule has 0 fully saturated rings. The predicted molar refractivity (Wildman–Crippen MR) is 69.2 cm³/mol. The Hall–Kier alpha value is -1.09. The fourth-order valence-electron chi connectivity index (χ4n) is 1.56. The predicted octanol–water partition coefficient (Wildman–Crippen LogP) is 3.59. The average molecular weight is 283 g/mol. The lowest BCUT2D eigenvalue weighted by Gasteiger charge is -2.10. The summed E-state index contributed by atoms with van der Waals surface area (Å²) in [5.41, 5.74) is 2.88. The normalized spacial score (nSPS) is 9.94. The topological polar surface area (TPSA) is 26.3 Å². The Kier molecular flexibility index (Phi) is 4.74. The van der Waals surface area contributed by atoms with Crippen molar-refractivity contribution in [2.45, 2.75) is 20.3 Å². The Morgan fingerprint density at radius 2 is 2.19 bits per heavy atom. The number of rotatable bonds is 4. The van der Waals surface area contributed by atoms with E-state index in [1.54, 1.807) is 6.92 Å². The molecule has 1 rings (SSSR count). The largest absolute Gasteiger partial charge is 0.466 e. The Balaban J connectivity index is 3.00. The van der Waals surface area contributed by atoms with E-state index in [1.165, 1.54) is 0 Å². The van der Waals surface area contributed by atoms with Gasteiger partial charge in [-0.3, -0.25) is 4.79 Å². The fourth-order valence-corrected chi connectivity index (χ4v) is 2.31. The monoisotopic (exact) mass is 282 g/mol. The molecule has 1 aromatic carbocycles. The van der Waals surface area contributed by atoms with Crippen molar-refractivity contribution >= 4 is 27.5 Å². The molecule has 0 spiro atoms. The van der Waals surface area contributed by atoms with Crippen molar-refractivity contribution in [1.82, 2.24) is 0 Å². The van der Waals surface area contributed by atoms with Gasteiger partial charge in [0, 0.05) is 4.47 Å². The van der Waals surface area contributed by atoms with Gasteiger partial charge in [0.05, 0.1) is 13.0 Å². The summed E-state index contributed by atoms with van der Waals surface area (Å²) in [5.74, 6) is -0.205. The van der Waals surface area contributed by atoms with Crippen LogP contribution in [0.3, 0.4) is 0 Å². The summed E-state index contributed by atoms with van der Waals surface area (Å²) in [6.07, 6.45) is 0.287. The second-order valence-electron chi connectivity index (χ2n) is 3.54. The van der Waals surface area contributed by atoms with E-state index < -0.39 is 0 Å². The molecule has 3 heteroatoms. The van der Waals surface area contributed by atoms with Crippen LogP contribution in [0.2, 0.25) is 0 Å². The highest BCUT2D eigenvalue weighted by Gasteiger charge is 2.11. The van der Waals surface area contributed by atoms with Crippen molar-refractivity contribution in [2.24, 2.45) is 0 Å². The number of esters is 1. The SMILES string of the molecule is C=C(C)c1c(Br)cccc1CC(=O)OCC. The second kappa shape index (κ2) is 5.85. The maximum atomic E-state index is 11.4. The van der Waals surface area contributed by atoms with Gasteiger partial charge >= 0.3 is 5.97 Å². The lowest BCUT2D eigenvalue weighted by molar-refractivity contribution is -0.142. The zero-order valence-electron chi connectivity index (χ0n) is 9.55. The van der Waals surface area contributed by atoms with E-state index in [4.69, 9.17) is 4.74 Å². The molecule has 0 aliphatic heterocycles. The van der Waals surface area contributed by atoms with Crippen LogP contribution in [0, 0.1) is 0 Å². The van der Waals surface area contributed by atoms with E-state index in [9.17, 15) is 4.79 Å². The quantitative estimate of drug-likeness (QED) is 0.789. The van der Waals surface area contributed by atoms with Crippen LogP contribution in [0.1, 0.15) is 25.0 Å². The van der Waals surface area contributed by atoms with E-state index in [2.05, 4.69) is 22.5 Å². The fraction of sp³-hybridized carbons (Fsp3) is 0.308. The molecule has 16 heavy (non-hydrogen) atoms. The van der Waals surface area contributed by atoms with E-state index in [0.29, 0.717) is 6.61 Å². The lowest BCUT2D eigenvalue weighted by Crippen LogP contribution is -2.09. The maximum Gasteiger partial charge on any atom is 0.310 e. The van der Waals surface area contributed by atoms with Crippen molar-refractivity contribution in [3.63, 3.8) is 0 Å². The van der Waals surface area contributed by atoms with Gasteiger partial charge in [0.1, 0.15) is 0 Å². The molecule has 0 N–H and O–H groups in total. The van der Waals surface area contributed by atoms with Crippen LogP contribution in [-0.2, 0) is 16.0 Å². The molecule has 0 saturated heterocycles. The number of ether oxygens (including phenoxy) is 1. The summed E-state index contributed by atoms with van der Waals surface area (Å²) in [5, 5.41) is 0. The molecule has 1 aromatic rings. The first-order valence-electron chi connectivity index (χ1n) is 5.15. The van der Waals surface area contributed by atoms with Crippen LogP contribution >= 0.6 is 15.9 Å². The van der Waals surface area contributed by atoms with Crippen molar-refractivity contribution in [2.75, 3.05) is 6.61 Å². The smallest absolute Gasteiger partial charge is 0.310 e. The zero-order chi connectivity index (χ0) is 12.1. The molecule has 86 valence electrons. The standard InChI is InChI=1S/C13H15BrO2/c1-4-16-12(15)8-10-6-5-7-11(14)13(10)9(2)3/h5-7H,2,4,8H2,1,3H3. The van der Waals surface area contributed by atoms with Gasteiger partial charge in [0.2, 0.25) is 0 Å². The number of halogens is 1. The highest BCUT2D eigenvalue weighted by atomic mass is 79.9. The minimum absolute atomic E-state index is 0.205. The van der Waals surface area contributed by atoms with Gasteiger partial charge in [-0.2, -0.15) is 0 Å². The van der Waals surface area contributed by atoms with Crippen LogP contribution < -0.4 is 0 Å². The molecule has 0 heterocycles. The molecular formula is C13H15BrO2. The molecule has 2 nitrogen and oxygen atoms in total. The van der Waals surface area contributed by atoms with Crippen molar-refractivity contribution in [3.05, 3.63) is 40.4 Å². The molecule has 0 aromatic heterocycles. The summed E-state index contributed by atoms with van der Waals surface area (Å²) < 4.78 is 5.90. The highest BCUT2D eigenvalue weighted by Crippen LogP contribution is 2.27. The third kappa shape index (κ3) is 3.20. The molecule has 0 bridgehead atoms. The van der Waals surface area contributed by atoms with Crippen LogP contribution in [0.4, 0.5) is 0 Å². The van der Waals surface area contributed by atoms with Crippen LogP contribution in [0.25, 0.3) is 5.57 Å². The molecule has 0 atom stereocenters. The molecule has 0 aliphatic rings. The number of carbonyl (C=O) groups is 1. The Bertz CT molecular complexity index is 410. The number of carbonyl (C=O) groups excluding carboxylic acids is 1. The first-order chi connectivity index (χ1) is 7.56. The van der Waals surface area contributed by atoms with Crippen LogP contribution in [0.15, 0.2) is 29.3 Å². The van der Waals surface area contributed by atoms with Gasteiger partial charge < -0.3 is 4.74 Å². The summed E-state index contributed by atoms with van der Waals surface area (Å²) >= 11 is 3.46. The highest BCUT2D eigenvalue weighted by molar-refractivity contribution is 9.10. The van der Waals surface area contributed by atoms with Gasteiger partial charge in [0.15, 0.2) is 0 Å². The molecule has 0 saturated carbocycles. The number of hydrogen-bond donors (Lipinski definition) is 0. The average Bonchev–Trinajstić information content (AvgIpc) is 2.17. The molecule has 0 unspecified atom stereocenters. The second-order valence-corrected chi connectivity index (χ2v) is 4.39. The first-order valence-corrected chi connectivity index (χ1v) is 5.94. The van der Waals surface area contributed by atoms with Gasteiger partial charge in [-0.1, -0.05) is 34.6 Å². The summed E-state index contributed by atoms with van der Waals surface area (Å²) in [7, 11) is 0. The van der Waals surface area contributed by atoms with E-state index in [-0.39, 0.29) is 12.4 Å². The lowest BCUT2D eigenvalue weighted by atomic mass is 10.00. The first kappa shape index (κ1) is 13.0. The van der Waals surface area contributed by atoms with Crippen molar-refractivity contribution in [3.8, 4) is 0 Å². The molecular weight excluding hydrogens is 268 g/mol. The minimum Gasteiger partial charge on any atom is -0.466 e. The number of allylic oxidation sites excluding steroid dienone is 1. The third-order valence-electron chi connectivity index (χ3n) is 2.17. The minimum atomic E-state index is -0.205. The van der Waals surface area contributed by atoms with Crippen molar-refractivity contribution in [1.29, 1.82) is 0 Å². The molecule has 0 amide bonds. The number of hydrogen-bond acceptors (Lipinski definition) is 2. The summed E-state index contributed by atoms with van der Waals surface area (Å²) in [6.45, 7) is 8.06. The Morgan fingerprint density at radius 3 is 2.75 bits per heavy atom.